The lowest BCUT2D eigenvalue weighted by Crippen LogP contribution is -2.55. The number of hydrogen-bond acceptors (Lipinski definition) is 15. The van der Waals surface area contributed by atoms with Crippen LogP contribution in [0, 0.1) is 17.2 Å². The number of nitriles is 1. The van der Waals surface area contributed by atoms with E-state index in [1.807, 2.05) is 63.4 Å². The smallest absolute Gasteiger partial charge is 0.318 e. The van der Waals surface area contributed by atoms with Crippen LogP contribution >= 0.6 is 11.6 Å². The quantitative estimate of drug-likeness (QED) is 0.0824. The molecule has 10 rings (SSSR count). The number of piperazine rings is 1. The van der Waals surface area contributed by atoms with Gasteiger partial charge in [0.1, 0.15) is 23.9 Å². The zero-order valence-corrected chi connectivity index (χ0v) is 44.4. The number of ether oxygens (including phenoxy) is 1. The zero-order chi connectivity index (χ0) is 54.1. The van der Waals surface area contributed by atoms with Gasteiger partial charge >= 0.3 is 6.01 Å². The Kier molecular flexibility index (Phi) is 15.3. The second kappa shape index (κ2) is 22.4. The molecule has 5 N–H and O–H groups in total. The summed E-state index contributed by atoms with van der Waals surface area (Å²) in [4.78, 5) is 60.0. The Hall–Kier alpha value is -7.79. The topological polar surface area (TPSA) is 235 Å². The number of anilines is 2. The van der Waals surface area contributed by atoms with Crippen LogP contribution in [0.1, 0.15) is 78.5 Å². The molecule has 2 aromatic heterocycles. The number of phenolic OH excluding ortho intramolecular Hbond substituents is 2. The molecule has 6 heterocycles. The maximum Gasteiger partial charge on any atom is 0.318 e. The van der Waals surface area contributed by atoms with Crippen molar-refractivity contribution in [2.45, 2.75) is 83.1 Å². The Bertz CT molecular complexity index is 3260. The van der Waals surface area contributed by atoms with E-state index in [0.29, 0.717) is 87.1 Å². The average molecular weight is 1060 g/mol. The molecule has 4 aromatic carbocycles. The fraction of sp³-hybridized carbons (Fsp3) is 0.404. The van der Waals surface area contributed by atoms with Crippen molar-refractivity contribution < 1.29 is 29.3 Å². The molecular weight excluding hydrogens is 998 g/mol. The summed E-state index contributed by atoms with van der Waals surface area (Å²) >= 11 is 6.81. The molecule has 19 nitrogen and oxygen atoms in total. The Morgan fingerprint density at radius 3 is 2.44 bits per heavy atom. The van der Waals surface area contributed by atoms with Crippen molar-refractivity contribution in [3.05, 3.63) is 119 Å². The summed E-state index contributed by atoms with van der Waals surface area (Å²) < 4.78 is 8.04. The largest absolute Gasteiger partial charge is 0.508 e. The van der Waals surface area contributed by atoms with E-state index < -0.39 is 5.91 Å². The maximum absolute atomic E-state index is 13.8. The Labute approximate surface area is 452 Å². The average Bonchev–Trinajstić information content (AvgIpc) is 4.03. The van der Waals surface area contributed by atoms with Crippen LogP contribution in [0.4, 0.5) is 11.5 Å². The zero-order valence-electron chi connectivity index (χ0n) is 43.6. The van der Waals surface area contributed by atoms with Gasteiger partial charge in [-0.1, -0.05) is 68.4 Å². The predicted octanol–water partition coefficient (Wildman–Crippen LogP) is 6.32. The van der Waals surface area contributed by atoms with E-state index in [2.05, 4.69) is 66.0 Å². The number of phenols is 2. The van der Waals surface area contributed by atoms with Crippen molar-refractivity contribution in [3.63, 3.8) is 0 Å². The minimum Gasteiger partial charge on any atom is -0.508 e. The van der Waals surface area contributed by atoms with Gasteiger partial charge in [0.15, 0.2) is 5.82 Å². The molecule has 0 unspecified atom stereocenters. The van der Waals surface area contributed by atoms with Gasteiger partial charge < -0.3 is 40.7 Å². The molecule has 3 fully saturated rings. The number of nitrogens with one attached hydrogen (secondary N) is 1. The highest BCUT2D eigenvalue weighted by atomic mass is 35.5. The highest BCUT2D eigenvalue weighted by Gasteiger charge is 2.36. The molecule has 3 atom stereocenters. The second-order valence-corrected chi connectivity index (χ2v) is 21.3. The van der Waals surface area contributed by atoms with Crippen molar-refractivity contribution in [1.29, 1.82) is 5.26 Å². The number of amides is 3. The van der Waals surface area contributed by atoms with Crippen molar-refractivity contribution in [1.82, 2.24) is 44.7 Å². The van der Waals surface area contributed by atoms with E-state index in [4.69, 9.17) is 32.0 Å². The maximum atomic E-state index is 13.8. The fourth-order valence-corrected chi connectivity index (χ4v) is 11.8. The molecule has 6 aromatic rings. The third kappa shape index (κ3) is 11.0. The number of carbonyl (C=O) groups excluding carboxylic acids is 3. The van der Waals surface area contributed by atoms with Gasteiger partial charge in [-0.25, -0.2) is 0 Å². The lowest BCUT2D eigenvalue weighted by Gasteiger charge is -2.42. The number of rotatable bonds is 15. The van der Waals surface area contributed by atoms with Crippen LogP contribution in [0.2, 0.25) is 5.02 Å². The van der Waals surface area contributed by atoms with E-state index in [0.717, 1.165) is 65.0 Å². The standard InChI is InChI=1S/C57H64ClN13O6/c1-5-50(74)70-25-24-69(31-40(70)16-20-59)53-42-19-23-68(47-11-7-9-36-8-6-10-45(58)51(36)47)32-46(42)62-57(63-53)77-33-41-26-38(30-66(41)4)61-56(76)37-17-21-67(22-18-37)29-35-12-14-39(15-13-35)71-54(64-65-55(71)52(60)75)44-27-43(34(2)3)48(72)28-49(44)73/h5-15,27-28,34,37-38,40-41,72-73H,1,16-19,21-26,29-33H2,2-4H3,(H2,60,75)(H,61,76)/t38-,40+,41+/m1/s1. The van der Waals surface area contributed by atoms with Crippen LogP contribution in [0.25, 0.3) is 27.8 Å². The van der Waals surface area contributed by atoms with Crippen LogP contribution in [-0.4, -0.2) is 145 Å². The first-order valence-electron chi connectivity index (χ1n) is 26.3. The van der Waals surface area contributed by atoms with Gasteiger partial charge in [0, 0.05) is 85.7 Å². The molecular formula is C57H64ClN13O6. The number of benzene rings is 4. The molecule has 3 amide bonds. The molecule has 400 valence electrons. The first kappa shape index (κ1) is 52.6. The summed E-state index contributed by atoms with van der Waals surface area (Å²) in [6, 6.07) is 24.8. The van der Waals surface area contributed by atoms with Crippen molar-refractivity contribution >= 4 is 51.6 Å². The number of aromatic nitrogens is 5. The van der Waals surface area contributed by atoms with Gasteiger partial charge in [-0.05, 0) is 105 Å². The number of aromatic hydroxyl groups is 2. The summed E-state index contributed by atoms with van der Waals surface area (Å²) in [7, 11) is 2.04. The minimum absolute atomic E-state index is 0.00360. The van der Waals surface area contributed by atoms with Gasteiger partial charge in [-0.3, -0.25) is 28.8 Å². The molecule has 77 heavy (non-hydrogen) atoms. The monoisotopic (exact) mass is 1060 g/mol. The van der Waals surface area contributed by atoms with Gasteiger partial charge in [-0.15, -0.1) is 10.2 Å². The Morgan fingerprint density at radius 1 is 0.948 bits per heavy atom. The normalized spacial score (nSPS) is 19.3. The number of halogens is 1. The lowest BCUT2D eigenvalue weighted by atomic mass is 9.95. The fourth-order valence-electron chi connectivity index (χ4n) is 11.5. The number of carbonyl (C=O) groups is 3. The van der Waals surface area contributed by atoms with Crippen LogP contribution < -0.4 is 25.6 Å². The highest BCUT2D eigenvalue weighted by molar-refractivity contribution is 6.36. The summed E-state index contributed by atoms with van der Waals surface area (Å²) in [5.74, 6) is -0.435. The predicted molar refractivity (Wildman–Crippen MR) is 293 cm³/mol. The van der Waals surface area contributed by atoms with E-state index in [1.165, 1.54) is 16.7 Å². The Balaban J connectivity index is 0.767. The summed E-state index contributed by atoms with van der Waals surface area (Å²) in [6.07, 6.45) is 4.30. The van der Waals surface area contributed by atoms with Crippen LogP contribution in [0.3, 0.4) is 0 Å². The van der Waals surface area contributed by atoms with E-state index >= 15 is 0 Å². The number of hydrogen-bond donors (Lipinski definition) is 4. The third-order valence-electron chi connectivity index (χ3n) is 15.7. The molecule has 0 aliphatic carbocycles. The number of likely N-dealkylation sites (N-methyl/N-ethyl adjacent to an activating group) is 1. The number of primary amides is 1. The van der Waals surface area contributed by atoms with E-state index in [1.54, 1.807) is 11.0 Å². The number of likely N-dealkylation sites (tertiary alicyclic amines) is 2. The highest BCUT2D eigenvalue weighted by Crippen LogP contribution is 2.40. The minimum atomic E-state index is -0.779. The third-order valence-corrected chi connectivity index (χ3v) is 16.0. The Morgan fingerprint density at radius 2 is 1.71 bits per heavy atom. The number of nitrogens with zero attached hydrogens (tertiary/aromatic N) is 11. The molecule has 0 radical (unpaired) electrons. The lowest BCUT2D eigenvalue weighted by molar-refractivity contribution is -0.128. The number of piperidine rings is 1. The molecule has 3 saturated heterocycles. The van der Waals surface area contributed by atoms with Gasteiger partial charge in [-0.2, -0.15) is 15.2 Å². The SMILES string of the molecule is C=CC(=O)N1CCN(c2nc(OC[C@@H]3C[C@@H](NC(=O)C4CCN(Cc5ccc(-n6c(C(N)=O)nnc6-c6cc(C(C)C)c(O)cc6O)cc5)CC4)CN3C)nc3c2CCN(c2cccc4cccc(Cl)c24)C3)C[C@@H]1CC#N. The molecule has 0 spiro atoms. The van der Waals surface area contributed by atoms with E-state index in [9.17, 15) is 29.9 Å². The van der Waals surface area contributed by atoms with E-state index in [-0.39, 0.29) is 77.4 Å². The molecule has 4 aliphatic rings. The van der Waals surface area contributed by atoms with Crippen molar-refractivity contribution in [3.8, 4) is 40.7 Å². The first-order chi connectivity index (χ1) is 37.2. The molecule has 20 heteroatoms. The van der Waals surface area contributed by atoms with Crippen LogP contribution in [0.5, 0.6) is 17.5 Å². The van der Waals surface area contributed by atoms with Crippen LogP contribution in [0.15, 0.2) is 85.5 Å². The molecule has 0 saturated carbocycles. The summed E-state index contributed by atoms with van der Waals surface area (Å²) in [5.41, 5.74) is 11.2. The van der Waals surface area contributed by atoms with Gasteiger partial charge in [0.2, 0.25) is 17.6 Å². The summed E-state index contributed by atoms with van der Waals surface area (Å²) in [6.45, 7) is 13.3. The second-order valence-electron chi connectivity index (χ2n) is 20.9. The van der Waals surface area contributed by atoms with Gasteiger partial charge in [0.25, 0.3) is 5.91 Å². The van der Waals surface area contributed by atoms with Crippen molar-refractivity contribution in [2.75, 3.05) is 69.3 Å². The van der Waals surface area contributed by atoms with Crippen molar-refractivity contribution in [2.24, 2.45) is 11.7 Å². The van der Waals surface area contributed by atoms with Gasteiger partial charge in [0.05, 0.1) is 41.4 Å². The molecule has 0 bridgehead atoms. The first-order valence-corrected chi connectivity index (χ1v) is 26.7. The summed E-state index contributed by atoms with van der Waals surface area (Å²) in [5, 5.41) is 45.4. The van der Waals surface area contributed by atoms with Crippen LogP contribution in [-0.2, 0) is 29.1 Å². The number of fused-ring (bicyclic) bond motifs is 2. The number of nitrogens with two attached hydrogens (primary N) is 1. The molecule has 4 aliphatic heterocycles.